The maximum Gasteiger partial charge on any atom is 0.0772 e. The minimum atomic E-state index is 0.308. The molecule has 0 saturated carbocycles. The Morgan fingerprint density at radius 1 is 1.47 bits per heavy atom. The van der Waals surface area contributed by atoms with Gasteiger partial charge in [-0.3, -0.25) is 4.90 Å². The average molecular weight is 278 g/mol. The molecule has 0 spiro atoms. The molecule has 1 aliphatic heterocycles. The predicted octanol–water partition coefficient (Wildman–Crippen LogP) is 1.80. The van der Waals surface area contributed by atoms with Crippen molar-refractivity contribution in [3.8, 4) is 11.8 Å². The highest BCUT2D eigenvalue weighted by molar-refractivity contribution is 7.12. The maximum atomic E-state index is 8.95. The van der Waals surface area contributed by atoms with Crippen molar-refractivity contribution >= 4 is 11.3 Å². The molecule has 0 bridgehead atoms. The Morgan fingerprint density at radius 3 is 3.16 bits per heavy atom. The maximum absolute atomic E-state index is 8.95. The van der Waals surface area contributed by atoms with Gasteiger partial charge in [-0.2, -0.15) is 0 Å². The summed E-state index contributed by atoms with van der Waals surface area (Å²) in [5.74, 6) is 5.98. The van der Waals surface area contributed by atoms with Gasteiger partial charge in [0.05, 0.1) is 11.4 Å². The Kier molecular flexibility index (Phi) is 5.87. The predicted molar refractivity (Wildman–Crippen MR) is 80.0 cm³/mol. The fraction of sp³-hybridized carbons (Fsp3) is 0.600. The summed E-state index contributed by atoms with van der Waals surface area (Å²) in [4.78, 5) is 5.02. The molecule has 0 aliphatic carbocycles. The summed E-state index contributed by atoms with van der Waals surface area (Å²) in [6, 6.07) is 4.90. The zero-order valence-electron chi connectivity index (χ0n) is 11.3. The third kappa shape index (κ3) is 4.32. The molecule has 1 saturated heterocycles. The Morgan fingerprint density at radius 2 is 2.37 bits per heavy atom. The lowest BCUT2D eigenvalue weighted by Gasteiger charge is -2.23. The van der Waals surface area contributed by atoms with E-state index in [-0.39, 0.29) is 0 Å². The molecule has 0 radical (unpaired) electrons. The van der Waals surface area contributed by atoms with E-state index >= 15 is 0 Å². The molecular weight excluding hydrogens is 256 g/mol. The molecule has 1 unspecified atom stereocenters. The van der Waals surface area contributed by atoms with Crippen molar-refractivity contribution in [3.05, 3.63) is 21.9 Å². The van der Waals surface area contributed by atoms with Crippen molar-refractivity contribution in [1.82, 2.24) is 4.90 Å². The molecule has 104 valence electrons. The SMILES string of the molecule is NCC#Cc1ccc(CN2CCCC2CCCO)s1. The van der Waals surface area contributed by atoms with E-state index in [0.29, 0.717) is 19.2 Å². The molecular formula is C15H22N2OS. The van der Waals surface area contributed by atoms with Gasteiger partial charge in [0.25, 0.3) is 0 Å². The fourth-order valence-electron chi connectivity index (χ4n) is 2.63. The number of rotatable bonds is 5. The number of aliphatic hydroxyl groups is 1. The lowest BCUT2D eigenvalue weighted by Crippen LogP contribution is -2.28. The highest BCUT2D eigenvalue weighted by Crippen LogP contribution is 2.26. The number of thiophene rings is 1. The van der Waals surface area contributed by atoms with Crippen molar-refractivity contribution in [2.75, 3.05) is 19.7 Å². The van der Waals surface area contributed by atoms with Crippen LogP contribution < -0.4 is 5.73 Å². The van der Waals surface area contributed by atoms with Gasteiger partial charge in [0, 0.05) is 24.1 Å². The fourth-order valence-corrected chi connectivity index (χ4v) is 3.53. The molecule has 3 nitrogen and oxygen atoms in total. The van der Waals surface area contributed by atoms with Gasteiger partial charge >= 0.3 is 0 Å². The second-order valence-corrected chi connectivity index (χ2v) is 6.07. The van der Waals surface area contributed by atoms with Gasteiger partial charge in [-0.1, -0.05) is 11.8 Å². The number of likely N-dealkylation sites (tertiary alicyclic amines) is 1. The molecule has 1 fully saturated rings. The zero-order chi connectivity index (χ0) is 13.5. The molecule has 1 aliphatic rings. The van der Waals surface area contributed by atoms with Crippen LogP contribution in [0.25, 0.3) is 0 Å². The van der Waals surface area contributed by atoms with Crippen molar-refractivity contribution in [2.24, 2.45) is 5.73 Å². The monoisotopic (exact) mass is 278 g/mol. The molecule has 0 aromatic carbocycles. The van der Waals surface area contributed by atoms with Crippen LogP contribution in [0.1, 0.15) is 35.4 Å². The number of aliphatic hydroxyl groups excluding tert-OH is 1. The Hall–Kier alpha value is -0.860. The first-order chi connectivity index (χ1) is 9.33. The molecule has 1 aromatic heterocycles. The standard InChI is InChI=1S/C15H22N2OS/c16-9-1-6-14-7-8-15(19-14)12-17-10-2-4-13(17)5-3-11-18/h7-8,13,18H,2-5,9-12,16H2. The smallest absolute Gasteiger partial charge is 0.0772 e. The Bertz CT molecular complexity index is 446. The topological polar surface area (TPSA) is 49.5 Å². The van der Waals surface area contributed by atoms with E-state index in [1.54, 1.807) is 11.3 Å². The Balaban J connectivity index is 1.90. The Labute approximate surface area is 119 Å². The summed E-state index contributed by atoms with van der Waals surface area (Å²) in [6.07, 6.45) is 4.58. The zero-order valence-corrected chi connectivity index (χ0v) is 12.1. The number of hydrogen-bond acceptors (Lipinski definition) is 4. The van der Waals surface area contributed by atoms with Gasteiger partial charge in [0.1, 0.15) is 0 Å². The van der Waals surface area contributed by atoms with E-state index in [2.05, 4.69) is 28.9 Å². The van der Waals surface area contributed by atoms with Crippen molar-refractivity contribution in [1.29, 1.82) is 0 Å². The third-order valence-corrected chi connectivity index (χ3v) is 4.51. The van der Waals surface area contributed by atoms with E-state index in [9.17, 15) is 0 Å². The molecule has 0 amide bonds. The minimum absolute atomic E-state index is 0.308. The second-order valence-electron chi connectivity index (χ2n) is 4.90. The first-order valence-corrected chi connectivity index (χ1v) is 7.77. The van der Waals surface area contributed by atoms with E-state index < -0.39 is 0 Å². The highest BCUT2D eigenvalue weighted by Gasteiger charge is 2.24. The molecule has 1 aromatic rings. The molecule has 3 N–H and O–H groups in total. The number of hydrogen-bond donors (Lipinski definition) is 2. The van der Waals surface area contributed by atoms with Crippen molar-refractivity contribution in [3.63, 3.8) is 0 Å². The lowest BCUT2D eigenvalue weighted by atomic mass is 10.1. The second kappa shape index (κ2) is 7.66. The van der Waals surface area contributed by atoms with Crippen LogP contribution in [0.15, 0.2) is 12.1 Å². The summed E-state index contributed by atoms with van der Waals surface area (Å²) in [6.45, 7) is 2.92. The molecule has 1 atom stereocenters. The quantitative estimate of drug-likeness (QED) is 0.808. The van der Waals surface area contributed by atoms with Crippen LogP contribution in [0.3, 0.4) is 0 Å². The van der Waals surface area contributed by atoms with Crippen molar-refractivity contribution < 1.29 is 5.11 Å². The largest absolute Gasteiger partial charge is 0.396 e. The summed E-state index contributed by atoms with van der Waals surface area (Å²) in [5, 5.41) is 8.95. The van der Waals surface area contributed by atoms with Gasteiger partial charge in [-0.25, -0.2) is 0 Å². The van der Waals surface area contributed by atoms with Gasteiger partial charge in [-0.05, 0) is 44.4 Å². The third-order valence-electron chi connectivity index (χ3n) is 3.53. The normalized spacial score (nSPS) is 19.4. The molecule has 2 rings (SSSR count). The van der Waals surface area contributed by atoms with Gasteiger partial charge in [0.15, 0.2) is 0 Å². The van der Waals surface area contributed by atoms with Crippen molar-refractivity contribution in [2.45, 2.75) is 38.3 Å². The van der Waals surface area contributed by atoms with Crippen LogP contribution >= 0.6 is 11.3 Å². The summed E-state index contributed by atoms with van der Waals surface area (Å²) >= 11 is 1.77. The first kappa shape index (κ1) is 14.5. The molecule has 4 heteroatoms. The highest BCUT2D eigenvalue weighted by atomic mass is 32.1. The van der Waals surface area contributed by atoms with E-state index in [0.717, 1.165) is 24.3 Å². The molecule has 19 heavy (non-hydrogen) atoms. The van der Waals surface area contributed by atoms with Crippen LogP contribution in [0.2, 0.25) is 0 Å². The molecule has 2 heterocycles. The van der Waals surface area contributed by atoms with E-state index in [4.69, 9.17) is 10.8 Å². The summed E-state index contributed by atoms with van der Waals surface area (Å²) in [5.41, 5.74) is 5.38. The average Bonchev–Trinajstić information content (AvgIpc) is 3.04. The van der Waals surface area contributed by atoms with E-state index in [1.165, 1.54) is 24.3 Å². The summed E-state index contributed by atoms with van der Waals surface area (Å²) in [7, 11) is 0. The van der Waals surface area contributed by atoms with Gasteiger partial charge in [-0.15, -0.1) is 11.3 Å². The van der Waals surface area contributed by atoms with Gasteiger partial charge in [0.2, 0.25) is 0 Å². The summed E-state index contributed by atoms with van der Waals surface area (Å²) < 4.78 is 0. The number of nitrogens with two attached hydrogens (primary N) is 1. The van der Waals surface area contributed by atoms with Gasteiger partial charge < -0.3 is 10.8 Å². The van der Waals surface area contributed by atoms with Crippen LogP contribution in [0.4, 0.5) is 0 Å². The van der Waals surface area contributed by atoms with Crippen LogP contribution in [0, 0.1) is 11.8 Å². The van der Waals surface area contributed by atoms with Crippen LogP contribution in [-0.4, -0.2) is 35.7 Å². The van der Waals surface area contributed by atoms with E-state index in [1.807, 2.05) is 0 Å². The first-order valence-electron chi connectivity index (χ1n) is 6.96. The lowest BCUT2D eigenvalue weighted by molar-refractivity contribution is 0.211. The van der Waals surface area contributed by atoms with Crippen LogP contribution in [0.5, 0.6) is 0 Å². The van der Waals surface area contributed by atoms with Crippen LogP contribution in [-0.2, 0) is 6.54 Å². The minimum Gasteiger partial charge on any atom is -0.396 e. The number of nitrogens with zero attached hydrogens (tertiary/aromatic N) is 1.